The Labute approximate surface area is 127 Å². The van der Waals surface area contributed by atoms with Crippen molar-refractivity contribution in [1.82, 2.24) is 4.98 Å². The van der Waals surface area contributed by atoms with Crippen LogP contribution in [-0.2, 0) is 0 Å². The van der Waals surface area contributed by atoms with Crippen molar-refractivity contribution in [1.29, 1.82) is 0 Å². The molecule has 0 aromatic carbocycles. The first-order valence-electron chi connectivity index (χ1n) is 3.52. The number of hydrogen-bond donors (Lipinski definition) is 1. The summed E-state index contributed by atoms with van der Waals surface area (Å²) in [5, 5.41) is 0. The fourth-order valence-corrected chi connectivity index (χ4v) is 1.45. The van der Waals surface area contributed by atoms with Gasteiger partial charge in [-0.2, -0.15) is 11.8 Å². The van der Waals surface area contributed by atoms with Crippen LogP contribution in [0.5, 0.6) is 0 Å². The van der Waals surface area contributed by atoms with Crippen molar-refractivity contribution in [2.75, 3.05) is 11.4 Å². The molecule has 1 aromatic rings. The molecule has 14 heavy (non-hydrogen) atoms. The molecule has 0 aliphatic rings. The van der Waals surface area contributed by atoms with Gasteiger partial charge < -0.3 is 18.7 Å². The standard InChI is InChI=1S/C6H7BF3N2S.K/c8-7(9,10)4-13-6-1-2-12-3-5(6)11;/h1-3H,4,11H2;/q-1;+1. The van der Waals surface area contributed by atoms with E-state index in [1.807, 2.05) is 0 Å². The van der Waals surface area contributed by atoms with Gasteiger partial charge in [-0.1, -0.05) is 0 Å². The summed E-state index contributed by atoms with van der Waals surface area (Å²) in [6.45, 7) is -4.76. The Kier molecular flexibility index (Phi) is 6.75. The van der Waals surface area contributed by atoms with E-state index in [1.54, 1.807) is 0 Å². The van der Waals surface area contributed by atoms with E-state index in [9.17, 15) is 12.9 Å². The molecule has 0 unspecified atom stereocenters. The Bertz CT molecular complexity index is 297. The molecule has 8 heteroatoms. The molecule has 1 heterocycles. The fraction of sp³-hybridized carbons (Fsp3) is 0.167. The summed E-state index contributed by atoms with van der Waals surface area (Å²) in [7, 11) is 0. The average Bonchev–Trinajstić information content (AvgIpc) is 2.01. The van der Waals surface area contributed by atoms with E-state index in [0.717, 1.165) is 0 Å². The first-order valence-corrected chi connectivity index (χ1v) is 4.51. The number of nitrogens with zero attached hydrogens (tertiary/aromatic N) is 1. The SMILES string of the molecule is Nc1cnccc1SC[B-](F)(F)F.[K+]. The minimum Gasteiger partial charge on any atom is -0.448 e. The maximum Gasteiger partial charge on any atom is 1.00 e. The van der Waals surface area contributed by atoms with Crippen LogP contribution in [0.3, 0.4) is 0 Å². The van der Waals surface area contributed by atoms with Crippen LogP contribution < -0.4 is 57.1 Å². The van der Waals surface area contributed by atoms with Crippen molar-refractivity contribution in [3.63, 3.8) is 0 Å². The van der Waals surface area contributed by atoms with Gasteiger partial charge in [0.05, 0.1) is 11.9 Å². The topological polar surface area (TPSA) is 38.9 Å². The molecule has 0 spiro atoms. The third kappa shape index (κ3) is 5.62. The first kappa shape index (κ1) is 14.8. The van der Waals surface area contributed by atoms with Gasteiger partial charge in [0.25, 0.3) is 0 Å². The second kappa shape index (κ2) is 6.39. The normalized spacial score (nSPS) is 10.8. The second-order valence-corrected chi connectivity index (χ2v) is 3.50. The van der Waals surface area contributed by atoms with Crippen LogP contribution >= 0.6 is 11.8 Å². The third-order valence-corrected chi connectivity index (χ3v) is 2.47. The third-order valence-electron chi connectivity index (χ3n) is 1.24. The van der Waals surface area contributed by atoms with Gasteiger partial charge >= 0.3 is 58.4 Å². The molecule has 2 nitrogen and oxygen atoms in total. The molecule has 0 aliphatic heterocycles. The van der Waals surface area contributed by atoms with Gasteiger partial charge in [-0.25, -0.2) is 0 Å². The first-order chi connectivity index (χ1) is 5.99. The second-order valence-electron chi connectivity index (χ2n) is 2.43. The molecule has 0 fully saturated rings. The summed E-state index contributed by atoms with van der Waals surface area (Å²) < 4.78 is 35.6. The molecule has 0 saturated carbocycles. The number of aromatic nitrogens is 1. The van der Waals surface area contributed by atoms with Crippen molar-refractivity contribution >= 4 is 24.4 Å². The summed E-state index contributed by atoms with van der Waals surface area (Å²) >= 11 is 0.692. The zero-order valence-electron chi connectivity index (χ0n) is 7.58. The summed E-state index contributed by atoms with van der Waals surface area (Å²) in [6, 6.07) is 1.47. The summed E-state index contributed by atoms with van der Waals surface area (Å²) in [5.74, 6) is 0. The number of hydrogen-bond acceptors (Lipinski definition) is 3. The maximum atomic E-state index is 11.9. The monoisotopic (exact) mass is 246 g/mol. The maximum absolute atomic E-state index is 11.9. The Balaban J connectivity index is 0.00000169. The van der Waals surface area contributed by atoms with Crippen LogP contribution in [0.15, 0.2) is 23.4 Å². The minimum absolute atomic E-state index is 0. The number of nitrogen functional groups attached to an aromatic ring is 1. The van der Waals surface area contributed by atoms with Crippen LogP contribution in [0.2, 0.25) is 0 Å². The average molecular weight is 246 g/mol. The van der Waals surface area contributed by atoms with Gasteiger partial charge in [-0.15, -0.1) is 0 Å². The number of rotatable bonds is 3. The summed E-state index contributed by atoms with van der Waals surface area (Å²) in [6.07, 6.45) is 2.76. The van der Waals surface area contributed by atoms with Crippen molar-refractivity contribution in [3.05, 3.63) is 18.5 Å². The Hall–Kier alpha value is 0.791. The van der Waals surface area contributed by atoms with Gasteiger partial charge in [0, 0.05) is 11.1 Å². The van der Waals surface area contributed by atoms with Gasteiger partial charge in [0.2, 0.25) is 0 Å². The zero-order chi connectivity index (χ0) is 9.90. The molecule has 1 rings (SSSR count). The van der Waals surface area contributed by atoms with Crippen molar-refractivity contribution in [3.8, 4) is 0 Å². The van der Waals surface area contributed by atoms with Gasteiger partial charge in [0.1, 0.15) is 0 Å². The van der Waals surface area contributed by atoms with Crippen LogP contribution in [0.25, 0.3) is 0 Å². The van der Waals surface area contributed by atoms with E-state index in [1.165, 1.54) is 18.5 Å². The molecular weight excluding hydrogens is 239 g/mol. The van der Waals surface area contributed by atoms with Crippen LogP contribution in [0, 0.1) is 0 Å². The van der Waals surface area contributed by atoms with Gasteiger partial charge in [-0.05, 0) is 11.7 Å². The van der Waals surface area contributed by atoms with Gasteiger partial charge in [0.15, 0.2) is 0 Å². The smallest absolute Gasteiger partial charge is 0.448 e. The van der Waals surface area contributed by atoms with E-state index in [2.05, 4.69) is 4.98 Å². The van der Waals surface area contributed by atoms with E-state index in [4.69, 9.17) is 5.73 Å². The van der Waals surface area contributed by atoms with Gasteiger partial charge in [-0.3, -0.25) is 4.98 Å². The molecule has 0 atom stereocenters. The predicted octanol–water partition coefficient (Wildman–Crippen LogP) is -0.853. The molecule has 2 N–H and O–H groups in total. The van der Waals surface area contributed by atoms with E-state index < -0.39 is 12.6 Å². The van der Waals surface area contributed by atoms with Crippen molar-refractivity contribution < 1.29 is 64.3 Å². The minimum atomic E-state index is -4.76. The zero-order valence-corrected chi connectivity index (χ0v) is 11.5. The van der Waals surface area contributed by atoms with Crippen LogP contribution in [-0.4, -0.2) is 17.6 Å². The Morgan fingerprint density at radius 1 is 1.43 bits per heavy atom. The number of pyridine rings is 1. The fourth-order valence-electron chi connectivity index (χ4n) is 0.710. The number of anilines is 1. The number of thioether (sulfide) groups is 1. The molecule has 0 radical (unpaired) electrons. The van der Waals surface area contributed by atoms with E-state index >= 15 is 0 Å². The van der Waals surface area contributed by atoms with Crippen molar-refractivity contribution in [2.24, 2.45) is 0 Å². The number of nitrogens with two attached hydrogens (primary N) is 1. The number of halogens is 3. The quantitative estimate of drug-likeness (QED) is 0.557. The van der Waals surface area contributed by atoms with E-state index in [-0.39, 0.29) is 57.1 Å². The van der Waals surface area contributed by atoms with Crippen molar-refractivity contribution in [2.45, 2.75) is 4.90 Å². The summed E-state index contributed by atoms with van der Waals surface area (Å²) in [4.78, 5) is 4.10. The molecule has 0 amide bonds. The van der Waals surface area contributed by atoms with Crippen LogP contribution in [0.1, 0.15) is 0 Å². The molecular formula is C6H7BF3KN2S. The van der Waals surface area contributed by atoms with E-state index in [0.29, 0.717) is 16.7 Å². The largest absolute Gasteiger partial charge is 1.00 e. The Morgan fingerprint density at radius 2 is 2.07 bits per heavy atom. The molecule has 1 aromatic heterocycles. The predicted molar refractivity (Wildman–Crippen MR) is 48.5 cm³/mol. The summed E-state index contributed by atoms with van der Waals surface area (Å²) in [5.41, 5.74) is 4.82. The molecule has 72 valence electrons. The van der Waals surface area contributed by atoms with Crippen LogP contribution in [0.4, 0.5) is 18.6 Å². The molecule has 0 bridgehead atoms. The molecule has 0 aliphatic carbocycles. The Morgan fingerprint density at radius 3 is 2.57 bits per heavy atom. The molecule has 0 saturated heterocycles.